The van der Waals surface area contributed by atoms with Crippen molar-refractivity contribution in [3.63, 3.8) is 0 Å². The number of hydrogen-bond donors (Lipinski definition) is 4. The van der Waals surface area contributed by atoms with Crippen LogP contribution in [0.2, 0.25) is 0 Å². The lowest BCUT2D eigenvalue weighted by molar-refractivity contribution is -0.0836. The molecular weight excluding hydrogens is 208 g/mol. The summed E-state index contributed by atoms with van der Waals surface area (Å²) in [5, 5.41) is 38.1. The fourth-order valence-corrected chi connectivity index (χ4v) is 1.88. The molecule has 0 saturated carbocycles. The molecule has 0 bridgehead atoms. The van der Waals surface area contributed by atoms with Crippen molar-refractivity contribution in [2.75, 3.05) is 6.61 Å². The maximum atomic E-state index is 9.99. The third-order valence-corrected chi connectivity index (χ3v) is 3.21. The van der Waals surface area contributed by atoms with Gasteiger partial charge in [0.05, 0.1) is 18.3 Å². The Hall–Kier alpha value is -0.160. The quantitative estimate of drug-likeness (QED) is 0.518. The van der Waals surface area contributed by atoms with Crippen LogP contribution in [0, 0.1) is 11.3 Å². The van der Waals surface area contributed by atoms with Crippen molar-refractivity contribution in [1.29, 1.82) is 0 Å². The zero-order valence-electron chi connectivity index (χ0n) is 10.7. The van der Waals surface area contributed by atoms with Gasteiger partial charge in [0.1, 0.15) is 0 Å². The molecule has 0 radical (unpaired) electrons. The summed E-state index contributed by atoms with van der Waals surface area (Å²) >= 11 is 0. The van der Waals surface area contributed by atoms with Crippen molar-refractivity contribution in [2.45, 2.75) is 58.8 Å². The predicted octanol–water partition coefficient (Wildman–Crippen LogP) is 0.524. The molecule has 3 atom stereocenters. The van der Waals surface area contributed by atoms with E-state index in [0.29, 0.717) is 0 Å². The van der Waals surface area contributed by atoms with Crippen molar-refractivity contribution < 1.29 is 20.4 Å². The fraction of sp³-hybridized carbons (Fsp3) is 1.00. The first kappa shape index (κ1) is 15.8. The lowest BCUT2D eigenvalue weighted by Gasteiger charge is -2.38. The molecule has 0 aromatic rings. The summed E-state index contributed by atoms with van der Waals surface area (Å²) in [7, 11) is 0. The highest BCUT2D eigenvalue weighted by Crippen LogP contribution is 2.32. The molecule has 0 aliphatic carbocycles. The monoisotopic (exact) mass is 234 g/mol. The second kappa shape index (κ2) is 6.55. The Morgan fingerprint density at radius 3 is 1.94 bits per heavy atom. The number of hydrogen-bond acceptors (Lipinski definition) is 4. The standard InChI is InChI=1S/C12H26O4/c1-8(2)11(16)12(3,4)10(15)7-9(14)5-6-13/h8-11,13-16H,5-7H2,1-4H3. The van der Waals surface area contributed by atoms with E-state index in [0.717, 1.165) is 0 Å². The van der Waals surface area contributed by atoms with E-state index in [1.54, 1.807) is 13.8 Å². The van der Waals surface area contributed by atoms with Gasteiger partial charge in [0, 0.05) is 12.0 Å². The third kappa shape index (κ3) is 4.37. The predicted molar refractivity (Wildman–Crippen MR) is 63.0 cm³/mol. The van der Waals surface area contributed by atoms with Crippen LogP contribution in [0.4, 0.5) is 0 Å². The van der Waals surface area contributed by atoms with Gasteiger partial charge in [-0.2, -0.15) is 0 Å². The summed E-state index contributed by atoms with van der Waals surface area (Å²) in [6.07, 6.45) is -1.70. The lowest BCUT2D eigenvalue weighted by atomic mass is 9.74. The Balaban J connectivity index is 4.39. The van der Waals surface area contributed by atoms with Crippen LogP contribution in [-0.2, 0) is 0 Å². The van der Waals surface area contributed by atoms with Crippen molar-refractivity contribution in [3.05, 3.63) is 0 Å². The second-order valence-electron chi connectivity index (χ2n) is 5.43. The van der Waals surface area contributed by atoms with E-state index in [2.05, 4.69) is 0 Å². The molecule has 4 nitrogen and oxygen atoms in total. The van der Waals surface area contributed by atoms with Crippen LogP contribution >= 0.6 is 0 Å². The smallest absolute Gasteiger partial charge is 0.0640 e. The van der Waals surface area contributed by atoms with Gasteiger partial charge in [0.2, 0.25) is 0 Å². The second-order valence-corrected chi connectivity index (χ2v) is 5.43. The summed E-state index contributed by atoms with van der Waals surface area (Å²) in [5.74, 6) is 0.0552. The van der Waals surface area contributed by atoms with Crippen molar-refractivity contribution >= 4 is 0 Å². The van der Waals surface area contributed by atoms with Gasteiger partial charge in [-0.15, -0.1) is 0 Å². The molecule has 98 valence electrons. The minimum Gasteiger partial charge on any atom is -0.396 e. The minimum atomic E-state index is -0.786. The molecule has 16 heavy (non-hydrogen) atoms. The van der Waals surface area contributed by atoms with Gasteiger partial charge in [-0.05, 0) is 18.8 Å². The summed E-state index contributed by atoms with van der Waals surface area (Å²) in [4.78, 5) is 0. The summed E-state index contributed by atoms with van der Waals surface area (Å²) in [5.41, 5.74) is -0.662. The Bertz CT molecular complexity index is 191. The van der Waals surface area contributed by atoms with Crippen LogP contribution in [0.15, 0.2) is 0 Å². The first-order valence-corrected chi connectivity index (χ1v) is 5.88. The SMILES string of the molecule is CC(C)C(O)C(C)(C)C(O)CC(O)CCO. The molecule has 0 heterocycles. The largest absolute Gasteiger partial charge is 0.396 e. The maximum Gasteiger partial charge on any atom is 0.0640 e. The maximum absolute atomic E-state index is 9.99. The van der Waals surface area contributed by atoms with E-state index >= 15 is 0 Å². The summed E-state index contributed by atoms with van der Waals surface area (Å²) < 4.78 is 0. The topological polar surface area (TPSA) is 80.9 Å². The molecule has 0 spiro atoms. The van der Waals surface area contributed by atoms with Crippen molar-refractivity contribution in [3.8, 4) is 0 Å². The highest BCUT2D eigenvalue weighted by Gasteiger charge is 2.37. The third-order valence-electron chi connectivity index (χ3n) is 3.21. The lowest BCUT2D eigenvalue weighted by Crippen LogP contribution is -2.44. The van der Waals surface area contributed by atoms with Gasteiger partial charge in [-0.1, -0.05) is 27.7 Å². The van der Waals surface area contributed by atoms with Crippen LogP contribution in [0.3, 0.4) is 0 Å². The molecule has 0 rings (SSSR count). The molecule has 0 aromatic carbocycles. The number of aliphatic hydroxyl groups excluding tert-OH is 4. The first-order chi connectivity index (χ1) is 7.23. The van der Waals surface area contributed by atoms with Crippen LogP contribution < -0.4 is 0 Å². The average molecular weight is 234 g/mol. The van der Waals surface area contributed by atoms with E-state index in [1.807, 2.05) is 13.8 Å². The van der Waals surface area contributed by atoms with Gasteiger partial charge >= 0.3 is 0 Å². The summed E-state index contributed by atoms with van der Waals surface area (Å²) in [6.45, 7) is 7.26. The van der Waals surface area contributed by atoms with E-state index in [4.69, 9.17) is 5.11 Å². The van der Waals surface area contributed by atoms with Gasteiger partial charge < -0.3 is 20.4 Å². The van der Waals surface area contributed by atoms with Crippen LogP contribution in [0.1, 0.15) is 40.5 Å². The molecule has 0 fully saturated rings. The van der Waals surface area contributed by atoms with Gasteiger partial charge in [-0.25, -0.2) is 0 Å². The van der Waals surface area contributed by atoms with Gasteiger partial charge in [0.15, 0.2) is 0 Å². The van der Waals surface area contributed by atoms with E-state index in [1.165, 1.54) is 0 Å². The molecule has 0 saturated heterocycles. The Kier molecular flexibility index (Phi) is 6.48. The van der Waals surface area contributed by atoms with Crippen molar-refractivity contribution in [2.24, 2.45) is 11.3 Å². The zero-order chi connectivity index (χ0) is 12.9. The molecule has 0 aromatic heterocycles. The van der Waals surface area contributed by atoms with Crippen molar-refractivity contribution in [1.82, 2.24) is 0 Å². The molecule has 0 aliphatic rings. The Labute approximate surface area is 97.9 Å². The molecule has 0 amide bonds. The highest BCUT2D eigenvalue weighted by atomic mass is 16.3. The molecule has 4 N–H and O–H groups in total. The molecule has 0 aliphatic heterocycles. The normalized spacial score (nSPS) is 18.6. The molecular formula is C12H26O4. The zero-order valence-corrected chi connectivity index (χ0v) is 10.7. The van der Waals surface area contributed by atoms with Crippen LogP contribution in [0.25, 0.3) is 0 Å². The number of rotatable bonds is 7. The highest BCUT2D eigenvalue weighted by molar-refractivity contribution is 4.87. The molecule has 4 heteroatoms. The van der Waals surface area contributed by atoms with Crippen LogP contribution in [-0.4, -0.2) is 45.3 Å². The summed E-state index contributed by atoms with van der Waals surface area (Å²) in [6, 6.07) is 0. The Morgan fingerprint density at radius 2 is 1.56 bits per heavy atom. The minimum absolute atomic E-state index is 0.0552. The van der Waals surface area contributed by atoms with Gasteiger partial charge in [-0.3, -0.25) is 0 Å². The Morgan fingerprint density at radius 1 is 1.06 bits per heavy atom. The fourth-order valence-electron chi connectivity index (χ4n) is 1.88. The first-order valence-electron chi connectivity index (χ1n) is 5.88. The molecule has 3 unspecified atom stereocenters. The average Bonchev–Trinajstić information content (AvgIpc) is 2.16. The van der Waals surface area contributed by atoms with E-state index in [9.17, 15) is 15.3 Å². The number of aliphatic hydroxyl groups is 4. The van der Waals surface area contributed by atoms with Crippen LogP contribution in [0.5, 0.6) is 0 Å². The van der Waals surface area contributed by atoms with E-state index < -0.39 is 23.7 Å². The van der Waals surface area contributed by atoms with E-state index in [-0.39, 0.29) is 25.4 Å². The van der Waals surface area contributed by atoms with Gasteiger partial charge in [0.25, 0.3) is 0 Å².